The van der Waals surface area contributed by atoms with E-state index in [1.807, 2.05) is 44.2 Å². The van der Waals surface area contributed by atoms with Crippen molar-refractivity contribution in [3.05, 3.63) is 64.7 Å². The molecule has 0 saturated heterocycles. The van der Waals surface area contributed by atoms with Crippen molar-refractivity contribution in [1.82, 2.24) is 5.32 Å². The second-order valence-electron chi connectivity index (χ2n) is 7.46. The molecule has 2 rings (SSSR count). The molecule has 0 aromatic heterocycles. The van der Waals surface area contributed by atoms with Crippen molar-refractivity contribution in [1.29, 1.82) is 0 Å². The SMILES string of the molecule is Cc1cccc(C)c1NC(=O)CNC(=O)COC(=O)c1ccc(CC(C)C)cc1. The number of hydrogen-bond acceptors (Lipinski definition) is 4. The summed E-state index contributed by atoms with van der Waals surface area (Å²) in [5.74, 6) is -0.922. The molecule has 0 aliphatic heterocycles. The van der Waals surface area contributed by atoms with Crippen molar-refractivity contribution in [2.45, 2.75) is 34.1 Å². The minimum Gasteiger partial charge on any atom is -0.452 e. The van der Waals surface area contributed by atoms with Crippen LogP contribution >= 0.6 is 0 Å². The number of nitrogens with one attached hydrogen (secondary N) is 2. The van der Waals surface area contributed by atoms with Gasteiger partial charge in [0.1, 0.15) is 0 Å². The van der Waals surface area contributed by atoms with Gasteiger partial charge in [-0.15, -0.1) is 0 Å². The summed E-state index contributed by atoms with van der Waals surface area (Å²) < 4.78 is 5.02. The Morgan fingerprint density at radius 1 is 0.931 bits per heavy atom. The average Bonchev–Trinajstić information content (AvgIpc) is 2.67. The minimum atomic E-state index is -0.573. The quantitative estimate of drug-likeness (QED) is 0.670. The summed E-state index contributed by atoms with van der Waals surface area (Å²) in [4.78, 5) is 36.0. The fourth-order valence-corrected chi connectivity index (χ4v) is 2.89. The van der Waals surface area contributed by atoms with E-state index < -0.39 is 18.5 Å². The van der Waals surface area contributed by atoms with Gasteiger partial charge in [0, 0.05) is 5.69 Å². The maximum absolute atomic E-state index is 12.1. The maximum atomic E-state index is 12.1. The summed E-state index contributed by atoms with van der Waals surface area (Å²) in [6.45, 7) is 7.41. The molecule has 0 atom stereocenters. The van der Waals surface area contributed by atoms with Gasteiger partial charge in [-0.2, -0.15) is 0 Å². The number of carbonyl (C=O) groups is 3. The molecule has 6 nitrogen and oxygen atoms in total. The Hall–Kier alpha value is -3.15. The molecule has 0 fully saturated rings. The Labute approximate surface area is 171 Å². The number of aryl methyl sites for hydroxylation is 2. The van der Waals surface area contributed by atoms with E-state index in [1.165, 1.54) is 0 Å². The summed E-state index contributed by atoms with van der Waals surface area (Å²) in [5, 5.41) is 5.23. The third-order valence-electron chi connectivity index (χ3n) is 4.36. The fraction of sp³-hybridized carbons (Fsp3) is 0.348. The molecule has 2 amide bonds. The molecule has 6 heteroatoms. The Morgan fingerprint density at radius 3 is 2.14 bits per heavy atom. The van der Waals surface area contributed by atoms with Gasteiger partial charge in [0.25, 0.3) is 5.91 Å². The summed E-state index contributed by atoms with van der Waals surface area (Å²) >= 11 is 0. The highest BCUT2D eigenvalue weighted by Gasteiger charge is 2.12. The lowest BCUT2D eigenvalue weighted by atomic mass is 10.0. The van der Waals surface area contributed by atoms with Crippen LogP contribution in [0.15, 0.2) is 42.5 Å². The van der Waals surface area contributed by atoms with Crippen molar-refractivity contribution in [3.8, 4) is 0 Å². The number of amides is 2. The first-order valence-electron chi connectivity index (χ1n) is 9.65. The Morgan fingerprint density at radius 2 is 1.55 bits per heavy atom. The van der Waals surface area contributed by atoms with E-state index in [4.69, 9.17) is 4.74 Å². The van der Waals surface area contributed by atoms with E-state index >= 15 is 0 Å². The van der Waals surface area contributed by atoms with Gasteiger partial charge in [0.05, 0.1) is 12.1 Å². The van der Waals surface area contributed by atoms with E-state index in [1.54, 1.807) is 12.1 Å². The predicted molar refractivity (Wildman–Crippen MR) is 113 cm³/mol. The van der Waals surface area contributed by atoms with Crippen LogP contribution in [-0.2, 0) is 20.7 Å². The van der Waals surface area contributed by atoms with Crippen LogP contribution < -0.4 is 10.6 Å². The predicted octanol–water partition coefficient (Wildman–Crippen LogP) is 3.41. The largest absolute Gasteiger partial charge is 0.452 e. The Bertz CT molecular complexity index is 853. The minimum absolute atomic E-state index is 0.200. The lowest BCUT2D eigenvalue weighted by Crippen LogP contribution is -2.35. The van der Waals surface area contributed by atoms with Crippen LogP contribution in [0.3, 0.4) is 0 Å². The summed E-state index contributed by atoms with van der Waals surface area (Å²) in [5.41, 5.74) is 4.15. The Balaban J connectivity index is 1.76. The molecule has 0 unspecified atom stereocenters. The second-order valence-corrected chi connectivity index (χ2v) is 7.46. The van der Waals surface area contributed by atoms with E-state index in [0.717, 1.165) is 28.8 Å². The van der Waals surface area contributed by atoms with Gasteiger partial charge < -0.3 is 15.4 Å². The van der Waals surface area contributed by atoms with Crippen molar-refractivity contribution < 1.29 is 19.1 Å². The number of carbonyl (C=O) groups excluding carboxylic acids is 3. The highest BCUT2D eigenvalue weighted by molar-refractivity contribution is 5.96. The number of para-hydroxylation sites is 1. The van der Waals surface area contributed by atoms with Gasteiger partial charge in [0.2, 0.25) is 5.91 Å². The van der Waals surface area contributed by atoms with Crippen molar-refractivity contribution >= 4 is 23.5 Å². The molecular formula is C23H28N2O4. The van der Waals surface area contributed by atoms with Gasteiger partial charge in [-0.25, -0.2) is 4.79 Å². The molecular weight excluding hydrogens is 368 g/mol. The first kappa shape index (κ1) is 22.1. The van der Waals surface area contributed by atoms with Crippen LogP contribution in [0, 0.1) is 19.8 Å². The van der Waals surface area contributed by atoms with Gasteiger partial charge in [0.15, 0.2) is 6.61 Å². The summed E-state index contributed by atoms with van der Waals surface area (Å²) in [6.07, 6.45) is 0.932. The fourth-order valence-electron chi connectivity index (χ4n) is 2.89. The van der Waals surface area contributed by atoms with Crippen LogP contribution in [0.5, 0.6) is 0 Å². The molecule has 29 heavy (non-hydrogen) atoms. The highest BCUT2D eigenvalue weighted by atomic mass is 16.5. The summed E-state index contributed by atoms with van der Waals surface area (Å²) in [6, 6.07) is 12.9. The van der Waals surface area contributed by atoms with Gasteiger partial charge >= 0.3 is 5.97 Å². The monoisotopic (exact) mass is 396 g/mol. The number of benzene rings is 2. The number of ether oxygens (including phenoxy) is 1. The van der Waals surface area contributed by atoms with Crippen LogP contribution in [-0.4, -0.2) is 30.9 Å². The lowest BCUT2D eigenvalue weighted by molar-refractivity contribution is -0.126. The molecule has 0 radical (unpaired) electrons. The van der Waals surface area contributed by atoms with E-state index in [0.29, 0.717) is 11.5 Å². The lowest BCUT2D eigenvalue weighted by Gasteiger charge is -2.12. The molecule has 0 spiro atoms. The second kappa shape index (κ2) is 10.4. The topological polar surface area (TPSA) is 84.5 Å². The standard InChI is InChI=1S/C23H28N2O4/c1-15(2)12-18-8-10-19(11-9-18)23(28)29-14-21(27)24-13-20(26)25-22-16(3)6-5-7-17(22)4/h5-11,15H,12-14H2,1-4H3,(H,24,27)(H,25,26). The molecule has 2 aromatic rings. The third-order valence-corrected chi connectivity index (χ3v) is 4.36. The number of hydrogen-bond donors (Lipinski definition) is 2. The van der Waals surface area contributed by atoms with Crippen molar-refractivity contribution in [3.63, 3.8) is 0 Å². The normalized spacial score (nSPS) is 10.5. The van der Waals surface area contributed by atoms with Gasteiger partial charge in [-0.1, -0.05) is 44.2 Å². The molecule has 154 valence electrons. The van der Waals surface area contributed by atoms with E-state index in [2.05, 4.69) is 24.5 Å². The first-order chi connectivity index (χ1) is 13.8. The van der Waals surface area contributed by atoms with Crippen LogP contribution in [0.1, 0.15) is 40.9 Å². The molecule has 0 aliphatic carbocycles. The molecule has 0 saturated carbocycles. The molecule has 2 N–H and O–H groups in total. The maximum Gasteiger partial charge on any atom is 0.338 e. The molecule has 2 aromatic carbocycles. The molecule has 0 heterocycles. The smallest absolute Gasteiger partial charge is 0.338 e. The number of esters is 1. The third kappa shape index (κ3) is 7.07. The highest BCUT2D eigenvalue weighted by Crippen LogP contribution is 2.19. The molecule has 0 bridgehead atoms. The Kier molecular flexibility index (Phi) is 7.95. The number of rotatable bonds is 8. The number of anilines is 1. The van der Waals surface area contributed by atoms with Gasteiger partial charge in [-0.05, 0) is 55.0 Å². The van der Waals surface area contributed by atoms with E-state index in [-0.39, 0.29) is 12.5 Å². The first-order valence-corrected chi connectivity index (χ1v) is 9.65. The zero-order chi connectivity index (χ0) is 21.4. The van der Waals surface area contributed by atoms with E-state index in [9.17, 15) is 14.4 Å². The zero-order valence-electron chi connectivity index (χ0n) is 17.4. The van der Waals surface area contributed by atoms with Crippen LogP contribution in [0.25, 0.3) is 0 Å². The van der Waals surface area contributed by atoms with Crippen molar-refractivity contribution in [2.24, 2.45) is 5.92 Å². The molecule has 0 aliphatic rings. The van der Waals surface area contributed by atoms with Gasteiger partial charge in [-0.3, -0.25) is 9.59 Å². The summed E-state index contributed by atoms with van der Waals surface area (Å²) in [7, 11) is 0. The van der Waals surface area contributed by atoms with Crippen LogP contribution in [0.2, 0.25) is 0 Å². The zero-order valence-corrected chi connectivity index (χ0v) is 17.4. The average molecular weight is 396 g/mol. The van der Waals surface area contributed by atoms with Crippen LogP contribution in [0.4, 0.5) is 5.69 Å². The van der Waals surface area contributed by atoms with Crippen molar-refractivity contribution in [2.75, 3.05) is 18.5 Å².